The molecule has 13 heavy (non-hydrogen) atoms. The first-order chi connectivity index (χ1) is 6.11. The van der Waals surface area contributed by atoms with Gasteiger partial charge in [0, 0.05) is 0 Å². The van der Waals surface area contributed by atoms with E-state index in [1.54, 1.807) is 32.9 Å². The van der Waals surface area contributed by atoms with Crippen molar-refractivity contribution in [2.75, 3.05) is 6.61 Å². The van der Waals surface area contributed by atoms with Crippen LogP contribution in [0.3, 0.4) is 0 Å². The lowest BCUT2D eigenvalue weighted by Crippen LogP contribution is -2.15. The van der Waals surface area contributed by atoms with Crippen LogP contribution in [0.15, 0.2) is 24.5 Å². The molecular formula is C10H16O3. The van der Waals surface area contributed by atoms with Crippen molar-refractivity contribution in [1.29, 1.82) is 0 Å². The Balaban J connectivity index is 4.09. The summed E-state index contributed by atoms with van der Waals surface area (Å²) in [5, 5.41) is 0. The summed E-state index contributed by atoms with van der Waals surface area (Å²) in [7, 11) is 0. The molecule has 0 radical (unpaired) electrons. The van der Waals surface area contributed by atoms with Crippen molar-refractivity contribution in [3.63, 3.8) is 0 Å². The van der Waals surface area contributed by atoms with Gasteiger partial charge in [-0.3, -0.25) is 0 Å². The second-order valence-electron chi connectivity index (χ2n) is 2.71. The first-order valence-electron chi connectivity index (χ1n) is 4.22. The van der Waals surface area contributed by atoms with E-state index in [1.165, 1.54) is 0 Å². The molecule has 0 atom stereocenters. The molecule has 0 saturated heterocycles. The predicted octanol–water partition coefficient (Wildman–Crippen LogP) is 2.04. The Morgan fingerprint density at radius 1 is 1.54 bits per heavy atom. The summed E-state index contributed by atoms with van der Waals surface area (Å²) in [6.07, 6.45) is 3.02. The fourth-order valence-corrected chi connectivity index (χ4v) is 0.681. The average molecular weight is 184 g/mol. The molecule has 0 aliphatic carbocycles. The smallest absolute Gasteiger partial charge is 0.373 e. The van der Waals surface area contributed by atoms with Crippen molar-refractivity contribution in [3.05, 3.63) is 24.5 Å². The molecule has 74 valence electrons. The number of esters is 1. The van der Waals surface area contributed by atoms with Gasteiger partial charge in [0.2, 0.25) is 5.76 Å². The van der Waals surface area contributed by atoms with Gasteiger partial charge < -0.3 is 9.47 Å². The number of allylic oxidation sites excluding steroid dienone is 1. The summed E-state index contributed by atoms with van der Waals surface area (Å²) in [6, 6.07) is 0. The summed E-state index contributed by atoms with van der Waals surface area (Å²) in [5.74, 6) is -0.201. The lowest BCUT2D eigenvalue weighted by Gasteiger charge is -2.10. The Hall–Kier alpha value is -1.25. The van der Waals surface area contributed by atoms with Gasteiger partial charge in [0.15, 0.2) is 0 Å². The molecule has 0 aliphatic rings. The summed E-state index contributed by atoms with van der Waals surface area (Å²) < 4.78 is 10.0. The third kappa shape index (κ3) is 5.06. The Bertz CT molecular complexity index is 204. The zero-order chi connectivity index (χ0) is 10.3. The van der Waals surface area contributed by atoms with Gasteiger partial charge >= 0.3 is 5.97 Å². The molecule has 0 bridgehead atoms. The normalized spacial score (nSPS) is 11.2. The molecule has 0 fully saturated rings. The minimum atomic E-state index is -0.431. The SMILES string of the molecule is C=CCO/C(=C/C)C(=O)OC(C)C. The number of hydrogen-bond donors (Lipinski definition) is 0. The van der Waals surface area contributed by atoms with Crippen molar-refractivity contribution in [2.24, 2.45) is 0 Å². The summed E-state index contributed by atoms with van der Waals surface area (Å²) >= 11 is 0. The third-order valence-corrected chi connectivity index (χ3v) is 1.16. The lowest BCUT2D eigenvalue weighted by molar-refractivity contribution is -0.146. The van der Waals surface area contributed by atoms with Gasteiger partial charge in [-0.1, -0.05) is 12.7 Å². The van der Waals surface area contributed by atoms with E-state index < -0.39 is 5.97 Å². The first-order valence-corrected chi connectivity index (χ1v) is 4.22. The van der Waals surface area contributed by atoms with Gasteiger partial charge in [-0.15, -0.1) is 0 Å². The first kappa shape index (κ1) is 11.8. The van der Waals surface area contributed by atoms with E-state index in [0.29, 0.717) is 6.61 Å². The van der Waals surface area contributed by atoms with Crippen LogP contribution in [0.4, 0.5) is 0 Å². The van der Waals surface area contributed by atoms with Gasteiger partial charge in [0.05, 0.1) is 6.10 Å². The van der Waals surface area contributed by atoms with Crippen molar-refractivity contribution >= 4 is 5.97 Å². The van der Waals surface area contributed by atoms with Crippen LogP contribution in [0.25, 0.3) is 0 Å². The molecule has 0 saturated carbocycles. The van der Waals surface area contributed by atoms with E-state index in [0.717, 1.165) is 0 Å². The number of rotatable bonds is 5. The van der Waals surface area contributed by atoms with Gasteiger partial charge in [-0.2, -0.15) is 0 Å². The molecule has 0 spiro atoms. The molecule has 0 aromatic carbocycles. The second kappa shape index (κ2) is 6.29. The van der Waals surface area contributed by atoms with Crippen molar-refractivity contribution in [2.45, 2.75) is 26.9 Å². The van der Waals surface area contributed by atoms with E-state index in [2.05, 4.69) is 6.58 Å². The standard InChI is InChI=1S/C10H16O3/c1-5-7-12-9(6-2)10(11)13-8(3)4/h5-6,8H,1,7H2,2-4H3/b9-6+. The van der Waals surface area contributed by atoms with E-state index in [9.17, 15) is 4.79 Å². The number of ether oxygens (including phenoxy) is 2. The Morgan fingerprint density at radius 2 is 2.15 bits per heavy atom. The molecule has 0 heterocycles. The van der Waals surface area contributed by atoms with Gasteiger partial charge in [0.25, 0.3) is 0 Å². The van der Waals surface area contributed by atoms with E-state index in [4.69, 9.17) is 9.47 Å². The monoisotopic (exact) mass is 184 g/mol. The van der Waals surface area contributed by atoms with E-state index in [1.807, 2.05) is 0 Å². The minimum absolute atomic E-state index is 0.130. The topological polar surface area (TPSA) is 35.5 Å². The maximum absolute atomic E-state index is 11.2. The zero-order valence-electron chi connectivity index (χ0n) is 8.37. The fourth-order valence-electron chi connectivity index (χ4n) is 0.681. The van der Waals surface area contributed by atoms with Crippen LogP contribution in [0.1, 0.15) is 20.8 Å². The fraction of sp³-hybridized carbons (Fsp3) is 0.500. The predicted molar refractivity (Wildman–Crippen MR) is 51.1 cm³/mol. The Morgan fingerprint density at radius 3 is 2.54 bits per heavy atom. The number of hydrogen-bond acceptors (Lipinski definition) is 3. The molecule has 0 N–H and O–H groups in total. The average Bonchev–Trinajstić information content (AvgIpc) is 2.04. The molecule has 0 aromatic rings. The maximum atomic E-state index is 11.2. The van der Waals surface area contributed by atoms with Gasteiger partial charge in [-0.25, -0.2) is 4.79 Å². The zero-order valence-corrected chi connectivity index (χ0v) is 8.37. The van der Waals surface area contributed by atoms with Crippen LogP contribution in [-0.2, 0) is 14.3 Å². The highest BCUT2D eigenvalue weighted by Crippen LogP contribution is 2.03. The number of carbonyl (C=O) groups excluding carboxylic acids is 1. The maximum Gasteiger partial charge on any atom is 0.373 e. The van der Waals surface area contributed by atoms with Crippen LogP contribution in [0.2, 0.25) is 0 Å². The van der Waals surface area contributed by atoms with Gasteiger partial charge in [-0.05, 0) is 26.8 Å². The molecule has 0 aromatic heterocycles. The molecular weight excluding hydrogens is 168 g/mol. The molecule has 0 aliphatic heterocycles. The van der Waals surface area contributed by atoms with Crippen LogP contribution >= 0.6 is 0 Å². The van der Waals surface area contributed by atoms with Crippen molar-refractivity contribution in [1.82, 2.24) is 0 Å². The minimum Gasteiger partial charge on any atom is -0.483 e. The molecule has 0 rings (SSSR count). The van der Waals surface area contributed by atoms with Crippen LogP contribution in [-0.4, -0.2) is 18.7 Å². The van der Waals surface area contributed by atoms with Crippen LogP contribution in [0, 0.1) is 0 Å². The third-order valence-electron chi connectivity index (χ3n) is 1.16. The van der Waals surface area contributed by atoms with Crippen LogP contribution < -0.4 is 0 Å². The van der Waals surface area contributed by atoms with Crippen molar-refractivity contribution in [3.8, 4) is 0 Å². The molecule has 0 amide bonds. The summed E-state index contributed by atoms with van der Waals surface area (Å²) in [5.41, 5.74) is 0. The quantitative estimate of drug-likeness (QED) is 0.284. The number of carbonyl (C=O) groups is 1. The highest BCUT2D eigenvalue weighted by atomic mass is 16.6. The highest BCUT2D eigenvalue weighted by Gasteiger charge is 2.12. The highest BCUT2D eigenvalue weighted by molar-refractivity contribution is 5.86. The van der Waals surface area contributed by atoms with Crippen LogP contribution in [0.5, 0.6) is 0 Å². The largest absolute Gasteiger partial charge is 0.483 e. The molecule has 3 nitrogen and oxygen atoms in total. The van der Waals surface area contributed by atoms with E-state index in [-0.39, 0.29) is 11.9 Å². The molecule has 3 heteroatoms. The molecule has 0 unspecified atom stereocenters. The summed E-state index contributed by atoms with van der Waals surface area (Å²) in [4.78, 5) is 11.2. The Labute approximate surface area is 79.0 Å². The van der Waals surface area contributed by atoms with Gasteiger partial charge in [0.1, 0.15) is 6.61 Å². The second-order valence-corrected chi connectivity index (χ2v) is 2.71. The lowest BCUT2D eigenvalue weighted by atomic mass is 10.4. The van der Waals surface area contributed by atoms with Crippen molar-refractivity contribution < 1.29 is 14.3 Å². The van der Waals surface area contributed by atoms with E-state index >= 15 is 0 Å². The summed E-state index contributed by atoms with van der Waals surface area (Å²) in [6.45, 7) is 9.10. The Kier molecular flexibility index (Phi) is 5.68.